The number of pyridine rings is 1. The van der Waals surface area contributed by atoms with Crippen molar-refractivity contribution < 1.29 is 9.84 Å². The smallest absolute Gasteiger partial charge is 0.221 e. The summed E-state index contributed by atoms with van der Waals surface area (Å²) in [6.45, 7) is 0.0600. The van der Waals surface area contributed by atoms with Gasteiger partial charge in [-0.25, -0.2) is 4.98 Å². The Kier molecular flexibility index (Phi) is 3.17. The van der Waals surface area contributed by atoms with Crippen LogP contribution < -0.4 is 4.74 Å². The standard InChI is InChI=1S/C13H13NO2/c1-16-13-12(3-2-8-14-13)11-6-4-10(9-15)5-7-11/h2-8,15H,9H2,1H3. The molecule has 0 saturated carbocycles. The van der Waals surface area contributed by atoms with E-state index in [-0.39, 0.29) is 6.61 Å². The van der Waals surface area contributed by atoms with Gasteiger partial charge in [-0.2, -0.15) is 0 Å². The van der Waals surface area contributed by atoms with Crippen molar-refractivity contribution in [3.8, 4) is 17.0 Å². The van der Waals surface area contributed by atoms with Crippen LogP contribution in [-0.2, 0) is 6.61 Å². The van der Waals surface area contributed by atoms with Crippen LogP contribution in [0.5, 0.6) is 5.88 Å². The van der Waals surface area contributed by atoms with Gasteiger partial charge in [-0.05, 0) is 23.3 Å². The average molecular weight is 215 g/mol. The lowest BCUT2D eigenvalue weighted by atomic mass is 10.1. The van der Waals surface area contributed by atoms with Crippen molar-refractivity contribution >= 4 is 0 Å². The van der Waals surface area contributed by atoms with Crippen LogP contribution >= 0.6 is 0 Å². The Labute approximate surface area is 94.3 Å². The number of aliphatic hydroxyl groups is 1. The third-order valence-corrected chi connectivity index (χ3v) is 2.41. The van der Waals surface area contributed by atoms with E-state index in [1.165, 1.54) is 0 Å². The summed E-state index contributed by atoms with van der Waals surface area (Å²) in [5.41, 5.74) is 2.88. The fourth-order valence-corrected chi connectivity index (χ4v) is 1.56. The number of nitrogens with zero attached hydrogens (tertiary/aromatic N) is 1. The van der Waals surface area contributed by atoms with Gasteiger partial charge in [0.15, 0.2) is 0 Å². The zero-order chi connectivity index (χ0) is 11.4. The summed E-state index contributed by atoms with van der Waals surface area (Å²) in [6.07, 6.45) is 1.70. The normalized spacial score (nSPS) is 10.1. The largest absolute Gasteiger partial charge is 0.481 e. The van der Waals surface area contributed by atoms with Crippen LogP contribution in [0.15, 0.2) is 42.6 Å². The first-order valence-corrected chi connectivity index (χ1v) is 5.04. The van der Waals surface area contributed by atoms with Gasteiger partial charge in [-0.3, -0.25) is 0 Å². The maximum absolute atomic E-state index is 8.96. The monoisotopic (exact) mass is 215 g/mol. The van der Waals surface area contributed by atoms with Crippen molar-refractivity contribution in [2.75, 3.05) is 7.11 Å². The van der Waals surface area contributed by atoms with Gasteiger partial charge in [0.05, 0.1) is 13.7 Å². The molecule has 0 saturated heterocycles. The summed E-state index contributed by atoms with van der Waals surface area (Å²) >= 11 is 0. The zero-order valence-corrected chi connectivity index (χ0v) is 9.05. The van der Waals surface area contributed by atoms with Crippen LogP contribution in [0.25, 0.3) is 11.1 Å². The van der Waals surface area contributed by atoms with Gasteiger partial charge in [-0.1, -0.05) is 24.3 Å². The lowest BCUT2D eigenvalue weighted by molar-refractivity contribution is 0.282. The van der Waals surface area contributed by atoms with Crippen molar-refractivity contribution in [3.63, 3.8) is 0 Å². The van der Waals surface area contributed by atoms with Gasteiger partial charge < -0.3 is 9.84 Å². The van der Waals surface area contributed by atoms with E-state index in [1.54, 1.807) is 13.3 Å². The minimum Gasteiger partial charge on any atom is -0.481 e. The van der Waals surface area contributed by atoms with Crippen LogP contribution in [0.2, 0.25) is 0 Å². The molecule has 82 valence electrons. The maximum Gasteiger partial charge on any atom is 0.221 e. The molecule has 2 aromatic rings. The number of rotatable bonds is 3. The first-order chi connectivity index (χ1) is 7.85. The summed E-state index contributed by atoms with van der Waals surface area (Å²) in [6, 6.07) is 11.5. The lowest BCUT2D eigenvalue weighted by Gasteiger charge is -2.07. The highest BCUT2D eigenvalue weighted by molar-refractivity contribution is 5.68. The minimum atomic E-state index is 0.0600. The molecule has 0 aliphatic heterocycles. The summed E-state index contributed by atoms with van der Waals surface area (Å²) < 4.78 is 5.20. The van der Waals surface area contributed by atoms with Crippen LogP contribution in [-0.4, -0.2) is 17.2 Å². The predicted octanol–water partition coefficient (Wildman–Crippen LogP) is 2.25. The van der Waals surface area contributed by atoms with E-state index < -0.39 is 0 Å². The van der Waals surface area contributed by atoms with E-state index in [9.17, 15) is 0 Å². The van der Waals surface area contributed by atoms with Crippen LogP contribution in [0.1, 0.15) is 5.56 Å². The van der Waals surface area contributed by atoms with Gasteiger partial charge in [0, 0.05) is 11.8 Å². The molecular formula is C13H13NO2. The molecule has 1 N–H and O–H groups in total. The SMILES string of the molecule is COc1ncccc1-c1ccc(CO)cc1. The van der Waals surface area contributed by atoms with Crippen LogP contribution in [0.3, 0.4) is 0 Å². The van der Waals surface area contributed by atoms with Gasteiger partial charge in [0.25, 0.3) is 0 Å². The highest BCUT2D eigenvalue weighted by Gasteiger charge is 2.05. The number of hydrogen-bond acceptors (Lipinski definition) is 3. The highest BCUT2D eigenvalue weighted by atomic mass is 16.5. The first kappa shape index (κ1) is 10.6. The Morgan fingerprint density at radius 3 is 2.56 bits per heavy atom. The molecule has 0 amide bonds. The molecular weight excluding hydrogens is 202 g/mol. The second kappa shape index (κ2) is 4.77. The number of methoxy groups -OCH3 is 1. The van der Waals surface area contributed by atoms with Crippen molar-refractivity contribution in [3.05, 3.63) is 48.2 Å². The molecule has 0 atom stereocenters. The summed E-state index contributed by atoms with van der Waals surface area (Å²) in [5, 5.41) is 8.96. The van der Waals surface area contributed by atoms with E-state index in [2.05, 4.69) is 4.98 Å². The fourth-order valence-electron chi connectivity index (χ4n) is 1.56. The first-order valence-electron chi connectivity index (χ1n) is 5.04. The van der Waals surface area contributed by atoms with Crippen LogP contribution in [0.4, 0.5) is 0 Å². The van der Waals surface area contributed by atoms with E-state index in [4.69, 9.17) is 9.84 Å². The lowest BCUT2D eigenvalue weighted by Crippen LogP contribution is -1.91. The molecule has 0 aliphatic rings. The number of aliphatic hydroxyl groups excluding tert-OH is 1. The molecule has 0 unspecified atom stereocenters. The van der Waals surface area contributed by atoms with Crippen molar-refractivity contribution in [2.45, 2.75) is 6.61 Å². The molecule has 1 heterocycles. The average Bonchev–Trinajstić information content (AvgIpc) is 2.39. The Bertz CT molecular complexity index is 466. The Morgan fingerprint density at radius 1 is 1.19 bits per heavy atom. The van der Waals surface area contributed by atoms with Gasteiger partial charge >= 0.3 is 0 Å². The Hall–Kier alpha value is -1.87. The third kappa shape index (κ3) is 2.04. The quantitative estimate of drug-likeness (QED) is 0.853. The van der Waals surface area contributed by atoms with Crippen molar-refractivity contribution in [1.29, 1.82) is 0 Å². The molecule has 2 rings (SSSR count). The molecule has 0 spiro atoms. The Morgan fingerprint density at radius 2 is 1.94 bits per heavy atom. The predicted molar refractivity (Wildman–Crippen MR) is 62.1 cm³/mol. The van der Waals surface area contributed by atoms with E-state index >= 15 is 0 Å². The molecule has 1 aromatic heterocycles. The number of hydrogen-bond donors (Lipinski definition) is 1. The summed E-state index contributed by atoms with van der Waals surface area (Å²) in [7, 11) is 1.61. The number of aromatic nitrogens is 1. The topological polar surface area (TPSA) is 42.4 Å². The van der Waals surface area contributed by atoms with Crippen molar-refractivity contribution in [2.24, 2.45) is 0 Å². The van der Waals surface area contributed by atoms with Gasteiger partial charge in [0.2, 0.25) is 5.88 Å². The third-order valence-electron chi connectivity index (χ3n) is 2.41. The van der Waals surface area contributed by atoms with E-state index in [0.717, 1.165) is 16.7 Å². The maximum atomic E-state index is 8.96. The molecule has 0 fully saturated rings. The second-order valence-electron chi connectivity index (χ2n) is 3.42. The highest BCUT2D eigenvalue weighted by Crippen LogP contribution is 2.27. The van der Waals surface area contributed by atoms with Gasteiger partial charge in [0.1, 0.15) is 0 Å². The summed E-state index contributed by atoms with van der Waals surface area (Å²) in [5.74, 6) is 0.610. The molecule has 3 heteroatoms. The van der Waals surface area contributed by atoms with E-state index in [1.807, 2.05) is 36.4 Å². The molecule has 0 bridgehead atoms. The van der Waals surface area contributed by atoms with Crippen LogP contribution in [0, 0.1) is 0 Å². The number of ether oxygens (including phenoxy) is 1. The molecule has 3 nitrogen and oxygen atoms in total. The molecule has 1 aromatic carbocycles. The fraction of sp³-hybridized carbons (Fsp3) is 0.154. The Balaban J connectivity index is 2.42. The van der Waals surface area contributed by atoms with Crippen molar-refractivity contribution in [1.82, 2.24) is 4.98 Å². The number of benzene rings is 1. The molecule has 0 aliphatic carbocycles. The molecule has 0 radical (unpaired) electrons. The second-order valence-corrected chi connectivity index (χ2v) is 3.42. The summed E-state index contributed by atoms with van der Waals surface area (Å²) in [4.78, 5) is 4.14. The van der Waals surface area contributed by atoms with Gasteiger partial charge in [-0.15, -0.1) is 0 Å². The minimum absolute atomic E-state index is 0.0600. The molecule has 16 heavy (non-hydrogen) atoms. The zero-order valence-electron chi connectivity index (χ0n) is 9.05. The van der Waals surface area contributed by atoms with E-state index in [0.29, 0.717) is 5.88 Å².